The molecule has 0 aliphatic heterocycles. The standard InChI is InChI=1S/C14H14ClNO2S/c15-10-3-5-11(6-4-10)18-8-13-16-14(9-1-2-9)12(7-17)19-13/h3-6,9,17H,1-2,7-8H2. The Kier molecular flexibility index (Phi) is 3.73. The Morgan fingerprint density at radius 2 is 2.05 bits per heavy atom. The fraction of sp³-hybridized carbons (Fsp3) is 0.357. The molecular weight excluding hydrogens is 282 g/mol. The number of aliphatic hydroxyl groups excluding tert-OH is 1. The van der Waals surface area contributed by atoms with Crippen LogP contribution in [0.3, 0.4) is 0 Å². The van der Waals surface area contributed by atoms with E-state index in [1.165, 1.54) is 24.2 Å². The molecule has 1 aliphatic carbocycles. The molecule has 1 aliphatic rings. The van der Waals surface area contributed by atoms with E-state index >= 15 is 0 Å². The summed E-state index contributed by atoms with van der Waals surface area (Å²) in [4.78, 5) is 5.57. The summed E-state index contributed by atoms with van der Waals surface area (Å²) in [6, 6.07) is 7.27. The molecule has 5 heteroatoms. The zero-order valence-electron chi connectivity index (χ0n) is 10.3. The van der Waals surface area contributed by atoms with E-state index < -0.39 is 0 Å². The molecule has 0 unspecified atom stereocenters. The van der Waals surface area contributed by atoms with Gasteiger partial charge in [-0.1, -0.05) is 11.6 Å². The van der Waals surface area contributed by atoms with Gasteiger partial charge in [0.15, 0.2) is 0 Å². The van der Waals surface area contributed by atoms with Crippen LogP contribution in [0.1, 0.15) is 34.3 Å². The second-order valence-corrected chi connectivity index (χ2v) is 6.20. The minimum atomic E-state index is 0.0739. The fourth-order valence-electron chi connectivity index (χ4n) is 1.94. The molecule has 3 nitrogen and oxygen atoms in total. The van der Waals surface area contributed by atoms with Crippen molar-refractivity contribution in [2.24, 2.45) is 0 Å². The van der Waals surface area contributed by atoms with Crippen molar-refractivity contribution in [2.75, 3.05) is 0 Å². The Balaban J connectivity index is 1.67. The third-order valence-electron chi connectivity index (χ3n) is 3.06. The number of halogens is 1. The minimum Gasteiger partial charge on any atom is -0.486 e. The van der Waals surface area contributed by atoms with Crippen molar-refractivity contribution in [3.63, 3.8) is 0 Å². The number of hydrogen-bond donors (Lipinski definition) is 1. The topological polar surface area (TPSA) is 42.4 Å². The maximum atomic E-state index is 9.34. The van der Waals surface area contributed by atoms with E-state index in [2.05, 4.69) is 4.98 Å². The van der Waals surface area contributed by atoms with E-state index in [-0.39, 0.29) is 6.61 Å². The van der Waals surface area contributed by atoms with Crippen LogP contribution in [0, 0.1) is 0 Å². The number of thiazole rings is 1. The van der Waals surface area contributed by atoms with Crippen molar-refractivity contribution in [1.82, 2.24) is 4.98 Å². The summed E-state index contributed by atoms with van der Waals surface area (Å²) >= 11 is 7.36. The monoisotopic (exact) mass is 295 g/mol. The lowest BCUT2D eigenvalue weighted by atomic mass is 10.2. The van der Waals surface area contributed by atoms with Gasteiger partial charge in [-0.25, -0.2) is 4.98 Å². The van der Waals surface area contributed by atoms with Crippen molar-refractivity contribution < 1.29 is 9.84 Å². The molecule has 1 fully saturated rings. The quantitative estimate of drug-likeness (QED) is 0.913. The number of aromatic nitrogens is 1. The molecule has 1 aromatic carbocycles. The summed E-state index contributed by atoms with van der Waals surface area (Å²) in [6.07, 6.45) is 2.38. The Labute approximate surface area is 120 Å². The van der Waals surface area contributed by atoms with Gasteiger partial charge in [0.1, 0.15) is 17.4 Å². The van der Waals surface area contributed by atoms with E-state index in [4.69, 9.17) is 16.3 Å². The van der Waals surface area contributed by atoms with Gasteiger partial charge < -0.3 is 9.84 Å². The van der Waals surface area contributed by atoms with Gasteiger partial charge >= 0.3 is 0 Å². The molecule has 3 rings (SSSR count). The average Bonchev–Trinajstić information content (AvgIpc) is 3.19. The average molecular weight is 296 g/mol. The number of nitrogens with zero attached hydrogens (tertiary/aromatic N) is 1. The van der Waals surface area contributed by atoms with E-state index in [0.717, 1.165) is 21.3 Å². The predicted octanol–water partition coefficient (Wildman–Crippen LogP) is 3.75. The Morgan fingerprint density at radius 1 is 1.32 bits per heavy atom. The number of benzene rings is 1. The van der Waals surface area contributed by atoms with Gasteiger partial charge in [-0.05, 0) is 37.1 Å². The van der Waals surface area contributed by atoms with Crippen molar-refractivity contribution >= 4 is 22.9 Å². The van der Waals surface area contributed by atoms with Crippen molar-refractivity contribution in [3.8, 4) is 5.75 Å². The molecule has 19 heavy (non-hydrogen) atoms. The largest absolute Gasteiger partial charge is 0.486 e. The van der Waals surface area contributed by atoms with Crippen LogP contribution < -0.4 is 4.74 Å². The van der Waals surface area contributed by atoms with Gasteiger partial charge in [0.25, 0.3) is 0 Å². The van der Waals surface area contributed by atoms with Crippen LogP contribution in [0.4, 0.5) is 0 Å². The highest BCUT2D eigenvalue weighted by molar-refractivity contribution is 7.11. The van der Waals surface area contributed by atoms with Crippen LogP contribution in [0.2, 0.25) is 5.02 Å². The minimum absolute atomic E-state index is 0.0739. The summed E-state index contributed by atoms with van der Waals surface area (Å²) in [5.41, 5.74) is 1.07. The highest BCUT2D eigenvalue weighted by atomic mass is 35.5. The number of rotatable bonds is 5. The van der Waals surface area contributed by atoms with E-state index in [9.17, 15) is 5.11 Å². The smallest absolute Gasteiger partial charge is 0.140 e. The molecule has 0 spiro atoms. The molecule has 100 valence electrons. The first-order valence-corrected chi connectivity index (χ1v) is 7.43. The van der Waals surface area contributed by atoms with Gasteiger partial charge in [-0.15, -0.1) is 11.3 Å². The van der Waals surface area contributed by atoms with Gasteiger partial charge in [-0.3, -0.25) is 0 Å². The van der Waals surface area contributed by atoms with Crippen LogP contribution in [0.15, 0.2) is 24.3 Å². The second kappa shape index (κ2) is 5.49. The number of aliphatic hydroxyl groups is 1. The van der Waals surface area contributed by atoms with E-state index in [1.54, 1.807) is 12.1 Å². The van der Waals surface area contributed by atoms with Gasteiger partial charge in [0.05, 0.1) is 17.2 Å². The molecule has 0 atom stereocenters. The Hall–Kier alpha value is -1.10. The van der Waals surface area contributed by atoms with Crippen LogP contribution in [0.5, 0.6) is 5.75 Å². The molecule has 1 heterocycles. The fourth-order valence-corrected chi connectivity index (χ4v) is 2.99. The lowest BCUT2D eigenvalue weighted by Gasteiger charge is -2.03. The van der Waals surface area contributed by atoms with Crippen LogP contribution in [0.25, 0.3) is 0 Å². The molecular formula is C14H14ClNO2S. The molecule has 0 amide bonds. The maximum Gasteiger partial charge on any atom is 0.140 e. The molecule has 0 saturated heterocycles. The first-order chi connectivity index (χ1) is 9.26. The molecule has 1 aromatic heterocycles. The summed E-state index contributed by atoms with van der Waals surface area (Å²) in [7, 11) is 0. The number of ether oxygens (including phenoxy) is 1. The first-order valence-electron chi connectivity index (χ1n) is 6.24. The van der Waals surface area contributed by atoms with Crippen molar-refractivity contribution in [2.45, 2.75) is 32.0 Å². The number of hydrogen-bond acceptors (Lipinski definition) is 4. The second-order valence-electron chi connectivity index (χ2n) is 4.59. The lowest BCUT2D eigenvalue weighted by Crippen LogP contribution is -1.95. The van der Waals surface area contributed by atoms with Crippen molar-refractivity contribution in [1.29, 1.82) is 0 Å². The third kappa shape index (κ3) is 3.08. The Morgan fingerprint density at radius 3 is 2.68 bits per heavy atom. The summed E-state index contributed by atoms with van der Waals surface area (Å²) in [5.74, 6) is 1.33. The molecule has 0 bridgehead atoms. The predicted molar refractivity (Wildman–Crippen MR) is 75.8 cm³/mol. The first kappa shape index (κ1) is 12.9. The highest BCUT2D eigenvalue weighted by Crippen LogP contribution is 2.42. The summed E-state index contributed by atoms with van der Waals surface area (Å²) < 4.78 is 5.67. The highest BCUT2D eigenvalue weighted by Gasteiger charge is 2.29. The molecule has 1 N–H and O–H groups in total. The maximum absolute atomic E-state index is 9.34. The summed E-state index contributed by atoms with van der Waals surface area (Å²) in [5, 5.41) is 11.0. The molecule has 0 radical (unpaired) electrons. The third-order valence-corrected chi connectivity index (χ3v) is 4.34. The lowest BCUT2D eigenvalue weighted by molar-refractivity contribution is 0.284. The molecule has 2 aromatic rings. The Bertz CT molecular complexity index is 563. The zero-order chi connectivity index (χ0) is 13.2. The SMILES string of the molecule is OCc1sc(COc2ccc(Cl)cc2)nc1C1CC1. The van der Waals surface area contributed by atoms with Gasteiger partial charge in [-0.2, -0.15) is 0 Å². The van der Waals surface area contributed by atoms with Gasteiger partial charge in [0.2, 0.25) is 0 Å². The zero-order valence-corrected chi connectivity index (χ0v) is 11.9. The van der Waals surface area contributed by atoms with E-state index in [0.29, 0.717) is 17.5 Å². The van der Waals surface area contributed by atoms with Gasteiger partial charge in [0, 0.05) is 10.9 Å². The normalized spacial score (nSPS) is 14.6. The van der Waals surface area contributed by atoms with Crippen molar-refractivity contribution in [3.05, 3.63) is 44.9 Å². The van der Waals surface area contributed by atoms with E-state index in [1.807, 2.05) is 12.1 Å². The summed E-state index contributed by atoms with van der Waals surface area (Å²) in [6.45, 7) is 0.510. The van der Waals surface area contributed by atoms with Crippen LogP contribution in [-0.2, 0) is 13.2 Å². The molecule has 1 saturated carbocycles. The van der Waals surface area contributed by atoms with Crippen LogP contribution >= 0.6 is 22.9 Å². The van der Waals surface area contributed by atoms with Crippen LogP contribution in [-0.4, -0.2) is 10.1 Å².